The van der Waals surface area contributed by atoms with E-state index in [-0.39, 0.29) is 0 Å². The molecule has 0 saturated carbocycles. The molecule has 0 heterocycles. The van der Waals surface area contributed by atoms with Crippen molar-refractivity contribution in [3.05, 3.63) is 376 Å². The fourth-order valence-corrected chi connectivity index (χ4v) is 13.1. The summed E-state index contributed by atoms with van der Waals surface area (Å²) in [6.07, 6.45) is 0. The number of benzene rings is 16. The number of anilines is 10. The molecule has 0 amide bonds. The second-order valence-corrected chi connectivity index (χ2v) is 23.8. The van der Waals surface area contributed by atoms with Crippen LogP contribution in [0.2, 0.25) is 0 Å². The van der Waals surface area contributed by atoms with Gasteiger partial charge in [-0.25, -0.2) is 0 Å². The summed E-state index contributed by atoms with van der Waals surface area (Å²) >= 11 is 0. The Balaban J connectivity index is 0.000000155. The van der Waals surface area contributed by atoms with E-state index < -0.39 is 0 Å². The quantitative estimate of drug-likeness (QED) is 0.108. The predicted molar refractivity (Wildman–Crippen MR) is 403 cm³/mol. The lowest BCUT2D eigenvalue weighted by atomic mass is 10.0. The van der Waals surface area contributed by atoms with Crippen molar-refractivity contribution in [3.63, 3.8) is 0 Å². The highest BCUT2D eigenvalue weighted by molar-refractivity contribution is 6.01. The van der Waals surface area contributed by atoms with E-state index in [0.717, 1.165) is 45.5 Å². The number of rotatable bonds is 14. The van der Waals surface area contributed by atoms with Crippen molar-refractivity contribution in [3.8, 4) is 44.5 Å². The van der Waals surface area contributed by atoms with Crippen molar-refractivity contribution in [2.45, 2.75) is 0 Å². The van der Waals surface area contributed by atoms with Crippen LogP contribution in [-0.2, 0) is 0 Å². The van der Waals surface area contributed by atoms with Gasteiger partial charge in [0.25, 0.3) is 0 Å². The van der Waals surface area contributed by atoms with Crippen LogP contribution in [0.25, 0.3) is 87.6 Å². The molecule has 4 heteroatoms. The van der Waals surface area contributed by atoms with E-state index in [1.165, 1.54) is 99.0 Å². The molecule has 0 spiro atoms. The zero-order valence-corrected chi connectivity index (χ0v) is 52.6. The average Bonchev–Trinajstić information content (AvgIpc) is 0.806. The Bertz CT molecular complexity index is 5260. The molecular weight excluding hydrogens is 1140 g/mol. The highest BCUT2D eigenvalue weighted by Gasteiger charge is 2.19. The maximum absolute atomic E-state index is 2.38. The highest BCUT2D eigenvalue weighted by Crippen LogP contribution is 2.44. The maximum atomic E-state index is 2.38. The first kappa shape index (κ1) is 58.2. The van der Waals surface area contributed by atoms with Crippen molar-refractivity contribution in [2.24, 2.45) is 0 Å². The van der Waals surface area contributed by atoms with Crippen LogP contribution in [0.1, 0.15) is 0 Å². The van der Waals surface area contributed by atoms with Gasteiger partial charge in [0.2, 0.25) is 0 Å². The summed E-state index contributed by atoms with van der Waals surface area (Å²) in [5.74, 6) is 0. The van der Waals surface area contributed by atoms with Crippen molar-refractivity contribution in [2.75, 3.05) is 33.7 Å². The Labute approximate surface area is 551 Å². The van der Waals surface area contributed by atoms with Gasteiger partial charge in [-0.3, -0.25) is 0 Å². The van der Waals surface area contributed by atoms with Gasteiger partial charge in [-0.1, -0.05) is 273 Å². The molecule has 0 aliphatic carbocycles. The van der Waals surface area contributed by atoms with Gasteiger partial charge in [-0.2, -0.15) is 0 Å². The third-order valence-electron chi connectivity index (χ3n) is 18.1. The Morgan fingerprint density at radius 3 is 0.894 bits per heavy atom. The van der Waals surface area contributed by atoms with Crippen LogP contribution < -0.4 is 19.6 Å². The van der Waals surface area contributed by atoms with Gasteiger partial charge in [0.05, 0.1) is 11.4 Å². The first-order valence-electron chi connectivity index (χ1n) is 32.2. The van der Waals surface area contributed by atoms with E-state index in [9.17, 15) is 0 Å². The Morgan fingerprint density at radius 1 is 0.160 bits per heavy atom. The van der Waals surface area contributed by atoms with Crippen LogP contribution in [-0.4, -0.2) is 14.1 Å². The molecule has 0 aromatic heterocycles. The first-order chi connectivity index (χ1) is 46.4. The van der Waals surface area contributed by atoms with Gasteiger partial charge < -0.3 is 19.6 Å². The molecule has 4 nitrogen and oxygen atoms in total. The topological polar surface area (TPSA) is 13.0 Å². The molecule has 0 radical (unpaired) electrons. The average molecular weight is 1210 g/mol. The number of fused-ring (bicyclic) bond motifs is 4. The van der Waals surface area contributed by atoms with Crippen LogP contribution in [0.4, 0.5) is 56.9 Å². The summed E-state index contributed by atoms with van der Waals surface area (Å²) in [5.41, 5.74) is 21.0. The second-order valence-electron chi connectivity index (χ2n) is 23.8. The lowest BCUT2D eigenvalue weighted by molar-refractivity contribution is 1.21. The molecule has 0 bridgehead atoms. The minimum Gasteiger partial charge on any atom is -0.345 e. The lowest BCUT2D eigenvalue weighted by Gasteiger charge is -2.27. The molecule has 16 aromatic carbocycles. The predicted octanol–water partition coefficient (Wildman–Crippen LogP) is 25.1. The van der Waals surface area contributed by atoms with Crippen LogP contribution >= 0.6 is 0 Å². The van der Waals surface area contributed by atoms with Crippen molar-refractivity contribution >= 4 is 100.0 Å². The molecule has 448 valence electrons. The lowest BCUT2D eigenvalue weighted by Crippen LogP contribution is -2.10. The summed E-state index contributed by atoms with van der Waals surface area (Å²) in [6, 6.07) is 135. The molecule has 0 unspecified atom stereocenters. The van der Waals surface area contributed by atoms with Gasteiger partial charge in [-0.15, -0.1) is 0 Å². The number of nitrogens with zero attached hydrogens (tertiary/aromatic N) is 4. The Morgan fingerprint density at radius 2 is 0.457 bits per heavy atom. The van der Waals surface area contributed by atoms with Crippen LogP contribution in [0.5, 0.6) is 0 Å². The molecule has 94 heavy (non-hydrogen) atoms. The van der Waals surface area contributed by atoms with Crippen LogP contribution in [0, 0.1) is 0 Å². The van der Waals surface area contributed by atoms with Gasteiger partial charge in [0, 0.05) is 75.8 Å². The van der Waals surface area contributed by atoms with Gasteiger partial charge in [0.15, 0.2) is 0 Å². The van der Waals surface area contributed by atoms with Crippen molar-refractivity contribution < 1.29 is 0 Å². The third-order valence-corrected chi connectivity index (χ3v) is 18.1. The molecule has 16 rings (SSSR count). The van der Waals surface area contributed by atoms with E-state index in [1.54, 1.807) is 0 Å². The van der Waals surface area contributed by atoms with Gasteiger partial charge in [0.1, 0.15) is 0 Å². The monoisotopic (exact) mass is 1200 g/mol. The van der Waals surface area contributed by atoms with E-state index >= 15 is 0 Å². The zero-order valence-electron chi connectivity index (χ0n) is 52.6. The zero-order chi connectivity index (χ0) is 63.2. The minimum absolute atomic E-state index is 1.11. The normalized spacial score (nSPS) is 11.1. The van der Waals surface area contributed by atoms with E-state index in [2.05, 4.69) is 410 Å². The van der Waals surface area contributed by atoms with Crippen molar-refractivity contribution in [1.82, 2.24) is 0 Å². The van der Waals surface area contributed by atoms with Gasteiger partial charge >= 0.3 is 0 Å². The molecule has 0 saturated heterocycles. The second kappa shape index (κ2) is 26.3. The minimum atomic E-state index is 1.11. The smallest absolute Gasteiger partial charge is 0.0540 e. The Kier molecular flexibility index (Phi) is 16.3. The molecule has 0 atom stereocenters. The fourth-order valence-electron chi connectivity index (χ4n) is 13.1. The van der Waals surface area contributed by atoms with Crippen LogP contribution in [0.3, 0.4) is 0 Å². The summed E-state index contributed by atoms with van der Waals surface area (Å²) in [7, 11) is 4.27. The van der Waals surface area contributed by atoms with E-state index in [4.69, 9.17) is 0 Å². The summed E-state index contributed by atoms with van der Waals surface area (Å²) in [4.78, 5) is 9.26. The highest BCUT2D eigenvalue weighted by atomic mass is 15.2. The Hall–Kier alpha value is -12.2. The number of hydrogen-bond donors (Lipinski definition) is 0. The molecular formula is C90H68N4. The summed E-state index contributed by atoms with van der Waals surface area (Å²) in [6.45, 7) is 0. The molecule has 0 fully saturated rings. The summed E-state index contributed by atoms with van der Waals surface area (Å²) in [5, 5.41) is 9.88. The van der Waals surface area contributed by atoms with Gasteiger partial charge in [-0.05, 0) is 175 Å². The first-order valence-corrected chi connectivity index (χ1v) is 32.2. The fraction of sp³-hybridized carbons (Fsp3) is 0.0222. The molecule has 0 N–H and O–H groups in total. The SMILES string of the molecule is CN(c1ccc(-c2ccc(N(c3cccc(-c4ccccc4)c3)c3cccc4ccccc34)cc2)cc1)c1ccc2ccccc2c1.CN(c1ccc(-c2ccc(N(c3cccc(-c4ccccc4)c3)c3cccc4ccccc34)cc2)cc1)c1cccc2ccccc12. The van der Waals surface area contributed by atoms with Crippen LogP contribution in [0.15, 0.2) is 376 Å². The molecule has 0 aliphatic heterocycles. The third kappa shape index (κ3) is 12.0. The summed E-state index contributed by atoms with van der Waals surface area (Å²) < 4.78 is 0. The maximum Gasteiger partial charge on any atom is 0.0540 e. The largest absolute Gasteiger partial charge is 0.345 e. The van der Waals surface area contributed by atoms with Crippen molar-refractivity contribution in [1.29, 1.82) is 0 Å². The van der Waals surface area contributed by atoms with E-state index in [0.29, 0.717) is 0 Å². The standard InChI is InChI=1S/2C45H34N2/c1-46(44-22-10-16-36-14-5-7-20-42(36)44)39-28-24-34(25-29-39)35-26-30-40(31-27-35)47(45-23-11-17-37-15-6-8-21-43(37)45)41-19-9-18-38(32-41)33-12-3-2-4-13-33;1-46(42-30-25-34-13-5-6-15-38(34)31-42)40-26-21-35(22-27-40)36-23-28-41(29-24-36)47(45-20-10-16-37-14-7-8-19-44(37)45)43-18-9-17-39(32-43)33-11-3-2-4-12-33/h2*2-32H,1H3. The molecule has 0 aliphatic rings. The molecule has 16 aromatic rings. The number of hydrogen-bond acceptors (Lipinski definition) is 4. The van der Waals surface area contributed by atoms with E-state index in [1.807, 2.05) is 0 Å².